The lowest BCUT2D eigenvalue weighted by Crippen LogP contribution is -2.53. The average Bonchev–Trinajstić information content (AvgIpc) is 2.87. The maximum Gasteiger partial charge on any atom is 0.279 e. The van der Waals surface area contributed by atoms with E-state index in [4.69, 9.17) is 5.10 Å². The van der Waals surface area contributed by atoms with Crippen molar-refractivity contribution < 1.29 is 4.39 Å². The van der Waals surface area contributed by atoms with Crippen LogP contribution in [0.2, 0.25) is 0 Å². The molecule has 0 bridgehead atoms. The molecule has 0 saturated carbocycles. The summed E-state index contributed by atoms with van der Waals surface area (Å²) in [5, 5.41) is 13.4. The van der Waals surface area contributed by atoms with E-state index in [2.05, 4.69) is 41.5 Å². The Hall–Kier alpha value is -3.55. The zero-order chi connectivity index (χ0) is 24.8. The van der Waals surface area contributed by atoms with Crippen molar-refractivity contribution in [2.24, 2.45) is 0 Å². The van der Waals surface area contributed by atoms with E-state index < -0.39 is 0 Å². The number of rotatable bonds is 4. The first-order valence-electron chi connectivity index (χ1n) is 12.6. The van der Waals surface area contributed by atoms with Gasteiger partial charge < -0.3 is 10.6 Å². The monoisotopic (exact) mass is 483 g/mol. The second-order valence-electron chi connectivity index (χ2n) is 10.1. The van der Waals surface area contributed by atoms with Crippen LogP contribution in [0.1, 0.15) is 36.6 Å². The van der Waals surface area contributed by atoms with Crippen LogP contribution in [0.4, 0.5) is 10.1 Å². The zero-order valence-corrected chi connectivity index (χ0v) is 20.5. The van der Waals surface area contributed by atoms with Crippen LogP contribution in [-0.2, 0) is 6.54 Å². The molecule has 2 aliphatic heterocycles. The summed E-state index contributed by atoms with van der Waals surface area (Å²) in [5.41, 5.74) is 4.52. The summed E-state index contributed by atoms with van der Waals surface area (Å²) in [6.45, 7) is 7.98. The van der Waals surface area contributed by atoms with Gasteiger partial charge in [0.25, 0.3) is 5.56 Å². The molecule has 1 aromatic heterocycles. The van der Waals surface area contributed by atoms with E-state index in [9.17, 15) is 9.18 Å². The number of piperazine rings is 1. The molecule has 36 heavy (non-hydrogen) atoms. The fourth-order valence-electron chi connectivity index (χ4n) is 5.74. The average molecular weight is 484 g/mol. The molecule has 4 aromatic rings. The minimum Gasteiger partial charge on any atom is -0.383 e. The molecule has 1 fully saturated rings. The smallest absolute Gasteiger partial charge is 0.279 e. The maximum atomic E-state index is 13.6. The summed E-state index contributed by atoms with van der Waals surface area (Å²) < 4.78 is 15.1. The van der Waals surface area contributed by atoms with Gasteiger partial charge in [-0.15, -0.1) is 0 Å². The predicted molar refractivity (Wildman–Crippen MR) is 141 cm³/mol. The van der Waals surface area contributed by atoms with E-state index in [-0.39, 0.29) is 17.3 Å². The van der Waals surface area contributed by atoms with Gasteiger partial charge in [0.05, 0.1) is 16.8 Å². The van der Waals surface area contributed by atoms with Gasteiger partial charge in [0.2, 0.25) is 0 Å². The van der Waals surface area contributed by atoms with Crippen LogP contribution in [0.25, 0.3) is 16.5 Å². The highest BCUT2D eigenvalue weighted by molar-refractivity contribution is 5.97. The zero-order valence-electron chi connectivity index (χ0n) is 20.5. The van der Waals surface area contributed by atoms with Crippen LogP contribution in [0, 0.1) is 5.82 Å². The molecule has 184 valence electrons. The van der Waals surface area contributed by atoms with Crippen molar-refractivity contribution in [3.8, 4) is 5.69 Å². The van der Waals surface area contributed by atoms with Crippen molar-refractivity contribution >= 4 is 16.5 Å². The van der Waals surface area contributed by atoms with Gasteiger partial charge in [-0.2, -0.15) is 9.78 Å². The number of halogens is 1. The van der Waals surface area contributed by atoms with Gasteiger partial charge >= 0.3 is 0 Å². The number of aromatic nitrogens is 2. The molecule has 3 atom stereocenters. The molecule has 3 heterocycles. The second kappa shape index (κ2) is 9.15. The van der Waals surface area contributed by atoms with Gasteiger partial charge in [0.1, 0.15) is 5.82 Å². The Labute approximate surface area is 209 Å². The summed E-state index contributed by atoms with van der Waals surface area (Å²) in [7, 11) is 0. The molecular weight excluding hydrogens is 453 g/mol. The minimum atomic E-state index is -0.268. The first kappa shape index (κ1) is 22.9. The van der Waals surface area contributed by atoms with Crippen LogP contribution in [0.15, 0.2) is 71.5 Å². The van der Waals surface area contributed by atoms with E-state index in [0.29, 0.717) is 24.0 Å². The number of hydrogen-bond donors (Lipinski definition) is 2. The van der Waals surface area contributed by atoms with Crippen molar-refractivity contribution in [1.82, 2.24) is 20.0 Å². The summed E-state index contributed by atoms with van der Waals surface area (Å²) >= 11 is 0. The standard InChI is InChI=1S/C29H30FN5O/c1-18-15-34(16-19(2)32-18)17-20-6-12-23(13-7-20)35-29(36)24-4-3-5-26-27(24)28(33-35)25(14-31-26)21-8-10-22(30)11-9-21/h3-13,18-19,25,31-32H,14-17H2,1-2H3. The predicted octanol–water partition coefficient (Wildman–Crippen LogP) is 4.26. The van der Waals surface area contributed by atoms with Crippen molar-refractivity contribution in [2.75, 3.05) is 25.0 Å². The Morgan fingerprint density at radius 1 is 0.972 bits per heavy atom. The Morgan fingerprint density at radius 3 is 2.42 bits per heavy atom. The molecular formula is C29H30FN5O. The molecule has 6 nitrogen and oxygen atoms in total. The van der Waals surface area contributed by atoms with Gasteiger partial charge in [0.15, 0.2) is 0 Å². The Bertz CT molecular complexity index is 1450. The molecule has 0 aliphatic carbocycles. The first-order chi connectivity index (χ1) is 17.5. The number of hydrogen-bond acceptors (Lipinski definition) is 5. The summed E-state index contributed by atoms with van der Waals surface area (Å²) in [5.74, 6) is -0.360. The fraction of sp³-hybridized carbons (Fsp3) is 0.310. The van der Waals surface area contributed by atoms with Crippen LogP contribution in [0.5, 0.6) is 0 Å². The molecule has 6 rings (SSSR count). The summed E-state index contributed by atoms with van der Waals surface area (Å²) in [6, 6.07) is 21.4. The third-order valence-electron chi connectivity index (χ3n) is 7.27. The van der Waals surface area contributed by atoms with E-state index in [1.165, 1.54) is 22.4 Å². The molecule has 2 aliphatic rings. The van der Waals surface area contributed by atoms with Crippen molar-refractivity contribution in [3.05, 3.63) is 99.7 Å². The summed E-state index contributed by atoms with van der Waals surface area (Å²) in [6.07, 6.45) is 0. The molecule has 0 radical (unpaired) electrons. The Kier molecular flexibility index (Phi) is 5.82. The SMILES string of the molecule is CC1CN(Cc2ccc(-n3nc4c5c(cccc5c3=O)NCC4c3ccc(F)cc3)cc2)CC(C)N1. The van der Waals surface area contributed by atoms with Crippen molar-refractivity contribution in [1.29, 1.82) is 0 Å². The molecule has 2 N–H and O–H groups in total. The number of anilines is 1. The maximum absolute atomic E-state index is 13.6. The molecule has 0 spiro atoms. The highest BCUT2D eigenvalue weighted by Gasteiger charge is 2.27. The lowest BCUT2D eigenvalue weighted by Gasteiger charge is -2.36. The Balaban J connectivity index is 1.38. The van der Waals surface area contributed by atoms with Crippen molar-refractivity contribution in [3.63, 3.8) is 0 Å². The third-order valence-corrected chi connectivity index (χ3v) is 7.27. The topological polar surface area (TPSA) is 62.2 Å². The fourth-order valence-corrected chi connectivity index (χ4v) is 5.74. The van der Waals surface area contributed by atoms with Gasteiger partial charge in [0, 0.05) is 55.3 Å². The van der Waals surface area contributed by atoms with E-state index in [1.54, 1.807) is 12.1 Å². The highest BCUT2D eigenvalue weighted by atomic mass is 19.1. The Morgan fingerprint density at radius 2 is 1.69 bits per heavy atom. The largest absolute Gasteiger partial charge is 0.383 e. The number of benzene rings is 3. The first-order valence-corrected chi connectivity index (χ1v) is 12.6. The molecule has 1 saturated heterocycles. The third kappa shape index (κ3) is 4.18. The van der Waals surface area contributed by atoms with Crippen molar-refractivity contribution in [2.45, 2.75) is 38.4 Å². The molecule has 3 unspecified atom stereocenters. The molecule has 3 aromatic carbocycles. The number of nitrogens with zero attached hydrogens (tertiary/aromatic N) is 3. The molecule has 7 heteroatoms. The van der Waals surface area contributed by atoms with Gasteiger partial charge in [-0.25, -0.2) is 4.39 Å². The lowest BCUT2D eigenvalue weighted by molar-refractivity contribution is 0.166. The second-order valence-corrected chi connectivity index (χ2v) is 10.1. The van der Waals surface area contributed by atoms with E-state index in [1.807, 2.05) is 30.3 Å². The van der Waals surface area contributed by atoms with Crippen LogP contribution < -0.4 is 16.2 Å². The van der Waals surface area contributed by atoms with E-state index in [0.717, 1.165) is 47.7 Å². The minimum absolute atomic E-state index is 0.0918. The van der Waals surface area contributed by atoms with Crippen LogP contribution in [-0.4, -0.2) is 46.4 Å². The van der Waals surface area contributed by atoms with E-state index >= 15 is 0 Å². The van der Waals surface area contributed by atoms with Gasteiger partial charge in [-0.05, 0) is 61.4 Å². The van der Waals surface area contributed by atoms with Crippen LogP contribution in [0.3, 0.4) is 0 Å². The normalized spacial score (nSPS) is 21.9. The number of nitrogens with one attached hydrogen (secondary N) is 2. The van der Waals surface area contributed by atoms with Crippen LogP contribution >= 0.6 is 0 Å². The molecule has 0 amide bonds. The quantitative estimate of drug-likeness (QED) is 0.454. The van der Waals surface area contributed by atoms with Gasteiger partial charge in [-0.1, -0.05) is 30.3 Å². The summed E-state index contributed by atoms with van der Waals surface area (Å²) in [4.78, 5) is 16.0. The highest BCUT2D eigenvalue weighted by Crippen LogP contribution is 2.36. The lowest BCUT2D eigenvalue weighted by atomic mass is 9.89. The van der Waals surface area contributed by atoms with Gasteiger partial charge in [-0.3, -0.25) is 9.69 Å².